The molecule has 1 fully saturated rings. The Kier molecular flexibility index (Phi) is 3.92. The molecule has 0 radical (unpaired) electrons. The molecule has 1 saturated heterocycles. The number of nitrogens with zero attached hydrogens (tertiary/aromatic N) is 5. The molecule has 1 aromatic carbocycles. The molecule has 0 aliphatic carbocycles. The van der Waals surface area contributed by atoms with Crippen LogP contribution >= 0.6 is 0 Å². The lowest BCUT2D eigenvalue weighted by Crippen LogP contribution is -2.20. The normalized spacial score (nSPS) is 14.7. The number of anilines is 1. The zero-order valence-corrected chi connectivity index (χ0v) is 14.4. The van der Waals surface area contributed by atoms with Crippen molar-refractivity contribution in [3.05, 3.63) is 36.2 Å². The molecular formula is C19H23N5. The molecule has 3 aromatic rings. The summed E-state index contributed by atoms with van der Waals surface area (Å²) < 4.78 is 2.25. The van der Waals surface area contributed by atoms with E-state index in [4.69, 9.17) is 15.0 Å². The van der Waals surface area contributed by atoms with Crippen LogP contribution in [0.4, 0.5) is 5.82 Å². The van der Waals surface area contributed by atoms with Gasteiger partial charge >= 0.3 is 0 Å². The highest BCUT2D eigenvalue weighted by Gasteiger charge is 2.22. The minimum absolute atomic E-state index is 0.821. The smallest absolute Gasteiger partial charge is 0.166 e. The maximum Gasteiger partial charge on any atom is 0.166 e. The SMILES string of the molecule is CCCn1c(-c2ccccc2)nc2c(N3CCCC3)nc(C)nc21. The Morgan fingerprint density at radius 2 is 1.75 bits per heavy atom. The minimum atomic E-state index is 0.821. The Hall–Kier alpha value is -2.43. The van der Waals surface area contributed by atoms with Gasteiger partial charge in [0, 0.05) is 25.2 Å². The van der Waals surface area contributed by atoms with Crippen LogP contribution < -0.4 is 4.90 Å². The van der Waals surface area contributed by atoms with Crippen molar-refractivity contribution in [1.29, 1.82) is 0 Å². The van der Waals surface area contributed by atoms with Crippen molar-refractivity contribution >= 4 is 17.0 Å². The molecule has 0 N–H and O–H groups in total. The summed E-state index contributed by atoms with van der Waals surface area (Å²) in [7, 11) is 0. The van der Waals surface area contributed by atoms with Crippen LogP contribution in [-0.4, -0.2) is 32.6 Å². The van der Waals surface area contributed by atoms with E-state index in [0.717, 1.165) is 60.2 Å². The molecule has 24 heavy (non-hydrogen) atoms. The lowest BCUT2D eigenvalue weighted by atomic mass is 10.2. The third kappa shape index (κ3) is 2.54. The Morgan fingerprint density at radius 1 is 1.00 bits per heavy atom. The van der Waals surface area contributed by atoms with Crippen molar-refractivity contribution in [3.8, 4) is 11.4 Å². The van der Waals surface area contributed by atoms with Gasteiger partial charge in [0.25, 0.3) is 0 Å². The molecule has 5 nitrogen and oxygen atoms in total. The number of hydrogen-bond donors (Lipinski definition) is 0. The Labute approximate surface area is 142 Å². The summed E-state index contributed by atoms with van der Waals surface area (Å²) in [5.41, 5.74) is 3.04. The molecule has 0 amide bonds. The van der Waals surface area contributed by atoms with Crippen LogP contribution in [-0.2, 0) is 6.54 Å². The van der Waals surface area contributed by atoms with E-state index in [2.05, 4.69) is 40.7 Å². The van der Waals surface area contributed by atoms with E-state index in [9.17, 15) is 0 Å². The molecular weight excluding hydrogens is 298 g/mol. The number of aromatic nitrogens is 4. The molecule has 5 heteroatoms. The predicted molar refractivity (Wildman–Crippen MR) is 97.2 cm³/mol. The third-order valence-electron chi connectivity index (χ3n) is 4.57. The maximum atomic E-state index is 4.98. The molecule has 0 spiro atoms. The number of benzene rings is 1. The first-order chi connectivity index (χ1) is 11.8. The summed E-state index contributed by atoms with van der Waals surface area (Å²) in [4.78, 5) is 16.8. The fourth-order valence-electron chi connectivity index (χ4n) is 3.48. The fourth-order valence-corrected chi connectivity index (χ4v) is 3.48. The van der Waals surface area contributed by atoms with Gasteiger partial charge in [-0.2, -0.15) is 0 Å². The van der Waals surface area contributed by atoms with Crippen molar-refractivity contribution in [2.75, 3.05) is 18.0 Å². The first-order valence-corrected chi connectivity index (χ1v) is 8.83. The van der Waals surface area contributed by atoms with Crippen LogP contribution in [0.2, 0.25) is 0 Å². The topological polar surface area (TPSA) is 46.8 Å². The van der Waals surface area contributed by atoms with Crippen molar-refractivity contribution in [2.24, 2.45) is 0 Å². The van der Waals surface area contributed by atoms with Crippen molar-refractivity contribution in [2.45, 2.75) is 39.7 Å². The monoisotopic (exact) mass is 321 g/mol. The van der Waals surface area contributed by atoms with Crippen LogP contribution in [0.5, 0.6) is 0 Å². The fraction of sp³-hybridized carbons (Fsp3) is 0.421. The highest BCUT2D eigenvalue weighted by atomic mass is 15.2. The van der Waals surface area contributed by atoms with Gasteiger partial charge in [-0.3, -0.25) is 0 Å². The average Bonchev–Trinajstić information content (AvgIpc) is 3.24. The summed E-state index contributed by atoms with van der Waals surface area (Å²) in [5, 5.41) is 0. The molecule has 4 rings (SSSR count). The number of imidazole rings is 1. The third-order valence-corrected chi connectivity index (χ3v) is 4.57. The van der Waals surface area contributed by atoms with Crippen LogP contribution in [0.25, 0.3) is 22.6 Å². The van der Waals surface area contributed by atoms with E-state index in [1.165, 1.54) is 12.8 Å². The Morgan fingerprint density at radius 3 is 2.46 bits per heavy atom. The molecule has 0 bridgehead atoms. The van der Waals surface area contributed by atoms with Gasteiger partial charge in [0.1, 0.15) is 11.6 Å². The van der Waals surface area contributed by atoms with Gasteiger partial charge in [0.05, 0.1) is 0 Å². The lowest BCUT2D eigenvalue weighted by Gasteiger charge is -2.16. The minimum Gasteiger partial charge on any atom is -0.355 e. The second kappa shape index (κ2) is 6.23. The summed E-state index contributed by atoms with van der Waals surface area (Å²) >= 11 is 0. The number of hydrogen-bond acceptors (Lipinski definition) is 4. The van der Waals surface area contributed by atoms with E-state index in [-0.39, 0.29) is 0 Å². The lowest BCUT2D eigenvalue weighted by molar-refractivity contribution is 0.697. The van der Waals surface area contributed by atoms with Crippen molar-refractivity contribution < 1.29 is 0 Å². The second-order valence-corrected chi connectivity index (χ2v) is 6.41. The van der Waals surface area contributed by atoms with Crippen LogP contribution in [0.15, 0.2) is 30.3 Å². The molecule has 1 aliphatic rings. The van der Waals surface area contributed by atoms with Crippen molar-refractivity contribution in [1.82, 2.24) is 19.5 Å². The highest BCUT2D eigenvalue weighted by Crippen LogP contribution is 2.30. The van der Waals surface area contributed by atoms with E-state index < -0.39 is 0 Å². The van der Waals surface area contributed by atoms with Crippen LogP contribution in [0.3, 0.4) is 0 Å². The summed E-state index contributed by atoms with van der Waals surface area (Å²) in [5.74, 6) is 2.82. The second-order valence-electron chi connectivity index (χ2n) is 6.41. The summed E-state index contributed by atoms with van der Waals surface area (Å²) in [6, 6.07) is 10.4. The van der Waals surface area contributed by atoms with E-state index in [1.807, 2.05) is 13.0 Å². The van der Waals surface area contributed by atoms with Gasteiger partial charge in [-0.25, -0.2) is 15.0 Å². The molecule has 1 aliphatic heterocycles. The van der Waals surface area contributed by atoms with E-state index in [0.29, 0.717) is 0 Å². The van der Waals surface area contributed by atoms with Crippen LogP contribution in [0, 0.1) is 6.92 Å². The van der Waals surface area contributed by atoms with Gasteiger partial charge in [-0.05, 0) is 26.2 Å². The van der Waals surface area contributed by atoms with Gasteiger partial charge in [-0.15, -0.1) is 0 Å². The van der Waals surface area contributed by atoms with Gasteiger partial charge in [-0.1, -0.05) is 37.3 Å². The van der Waals surface area contributed by atoms with Gasteiger partial charge in [0.15, 0.2) is 17.0 Å². The van der Waals surface area contributed by atoms with Gasteiger partial charge in [0.2, 0.25) is 0 Å². The van der Waals surface area contributed by atoms with Gasteiger partial charge < -0.3 is 9.47 Å². The first-order valence-electron chi connectivity index (χ1n) is 8.83. The number of rotatable bonds is 4. The molecule has 0 atom stereocenters. The first kappa shape index (κ1) is 15.1. The number of aryl methyl sites for hydroxylation is 2. The molecule has 124 valence electrons. The van der Waals surface area contributed by atoms with Crippen LogP contribution in [0.1, 0.15) is 32.0 Å². The Balaban J connectivity index is 1.96. The molecule has 0 unspecified atom stereocenters. The zero-order valence-electron chi connectivity index (χ0n) is 14.4. The predicted octanol–water partition coefficient (Wildman–Crippen LogP) is 3.81. The zero-order chi connectivity index (χ0) is 16.5. The van der Waals surface area contributed by atoms with E-state index >= 15 is 0 Å². The largest absolute Gasteiger partial charge is 0.355 e. The molecule has 3 heterocycles. The standard InChI is InChI=1S/C19H23N5/c1-3-11-24-17(15-9-5-4-6-10-15)22-16-18(23-12-7-8-13-23)20-14(2)21-19(16)24/h4-6,9-10H,3,7-8,11-13H2,1-2H3. The van der Waals surface area contributed by atoms with E-state index in [1.54, 1.807) is 0 Å². The molecule has 2 aromatic heterocycles. The summed E-state index contributed by atoms with van der Waals surface area (Å²) in [6.07, 6.45) is 3.50. The molecule has 0 saturated carbocycles. The average molecular weight is 321 g/mol. The quantitative estimate of drug-likeness (QED) is 0.733. The summed E-state index contributed by atoms with van der Waals surface area (Å²) in [6.45, 7) is 7.21. The van der Waals surface area contributed by atoms with Crippen molar-refractivity contribution in [3.63, 3.8) is 0 Å². The number of fused-ring (bicyclic) bond motifs is 1. The maximum absolute atomic E-state index is 4.98. The highest BCUT2D eigenvalue weighted by molar-refractivity contribution is 5.87. The Bertz CT molecular complexity index is 847.